The van der Waals surface area contributed by atoms with Gasteiger partial charge in [-0.25, -0.2) is 4.79 Å². The summed E-state index contributed by atoms with van der Waals surface area (Å²) in [5.74, 6) is 0.578. The summed E-state index contributed by atoms with van der Waals surface area (Å²) in [6, 6.07) is 5.46. The summed E-state index contributed by atoms with van der Waals surface area (Å²) in [5.41, 5.74) is 6.96. The molecule has 5 heteroatoms. The fourth-order valence-corrected chi connectivity index (χ4v) is 2.51. The van der Waals surface area contributed by atoms with Crippen LogP contribution in [0.15, 0.2) is 23.1 Å². The van der Waals surface area contributed by atoms with Crippen molar-refractivity contribution in [2.75, 3.05) is 38.7 Å². The van der Waals surface area contributed by atoms with E-state index in [0.717, 1.165) is 17.2 Å². The second-order valence-electron chi connectivity index (χ2n) is 4.09. The predicted octanol–water partition coefficient (Wildman–Crippen LogP) is 2.10. The van der Waals surface area contributed by atoms with E-state index >= 15 is 0 Å². The molecule has 0 radical (unpaired) electrons. The third-order valence-corrected chi connectivity index (χ3v) is 3.41. The first kappa shape index (κ1) is 14.9. The fraction of sp³-hybridized carbons (Fsp3) is 0.462. The number of nitrogens with zero attached hydrogens (tertiary/aromatic N) is 1. The predicted molar refractivity (Wildman–Crippen MR) is 76.1 cm³/mol. The Morgan fingerprint density at radius 3 is 2.78 bits per heavy atom. The number of esters is 1. The molecule has 0 saturated carbocycles. The molecule has 0 bridgehead atoms. The molecular formula is C13H20N2O2S. The standard InChI is InChI=1S/C13H20N2O2S/c1-4-17-13(16)10-6-5-7-11(12(10)14)18-9-8-15(2)3/h5-7H,4,8-9,14H2,1-3H3. The van der Waals surface area contributed by atoms with Gasteiger partial charge in [0.25, 0.3) is 0 Å². The van der Waals surface area contributed by atoms with Gasteiger partial charge in [0.05, 0.1) is 17.9 Å². The monoisotopic (exact) mass is 268 g/mol. The van der Waals surface area contributed by atoms with E-state index < -0.39 is 0 Å². The molecule has 0 atom stereocenters. The number of nitrogens with two attached hydrogens (primary N) is 1. The van der Waals surface area contributed by atoms with Crippen LogP contribution in [-0.4, -0.2) is 43.9 Å². The van der Waals surface area contributed by atoms with Gasteiger partial charge >= 0.3 is 5.97 Å². The number of para-hydroxylation sites is 1. The van der Waals surface area contributed by atoms with Gasteiger partial charge in [-0.15, -0.1) is 11.8 Å². The van der Waals surface area contributed by atoms with Crippen LogP contribution in [-0.2, 0) is 4.74 Å². The maximum Gasteiger partial charge on any atom is 0.340 e. The highest BCUT2D eigenvalue weighted by molar-refractivity contribution is 7.99. The molecule has 0 unspecified atom stereocenters. The molecule has 0 aromatic heterocycles. The SMILES string of the molecule is CCOC(=O)c1cccc(SCCN(C)C)c1N. The number of hydrogen-bond donors (Lipinski definition) is 1. The van der Waals surface area contributed by atoms with Crippen LogP contribution in [0.2, 0.25) is 0 Å². The number of carbonyl (C=O) groups excluding carboxylic acids is 1. The lowest BCUT2D eigenvalue weighted by Gasteiger charge is -2.12. The Morgan fingerprint density at radius 1 is 1.44 bits per heavy atom. The van der Waals surface area contributed by atoms with Gasteiger partial charge in [0.15, 0.2) is 0 Å². The molecule has 0 heterocycles. The maximum absolute atomic E-state index is 11.7. The highest BCUT2D eigenvalue weighted by Crippen LogP contribution is 2.28. The molecule has 1 aromatic rings. The molecule has 18 heavy (non-hydrogen) atoms. The number of anilines is 1. The van der Waals surface area contributed by atoms with Crippen LogP contribution in [0.4, 0.5) is 5.69 Å². The molecule has 100 valence electrons. The van der Waals surface area contributed by atoms with Gasteiger partial charge in [0.2, 0.25) is 0 Å². The highest BCUT2D eigenvalue weighted by atomic mass is 32.2. The summed E-state index contributed by atoms with van der Waals surface area (Å²) in [6.07, 6.45) is 0. The molecule has 4 nitrogen and oxygen atoms in total. The third kappa shape index (κ3) is 4.23. The van der Waals surface area contributed by atoms with Crippen molar-refractivity contribution in [3.8, 4) is 0 Å². The number of thioether (sulfide) groups is 1. The normalized spacial score (nSPS) is 10.7. The van der Waals surface area contributed by atoms with E-state index in [1.54, 1.807) is 24.8 Å². The summed E-state index contributed by atoms with van der Waals surface area (Å²) >= 11 is 1.65. The van der Waals surface area contributed by atoms with Crippen molar-refractivity contribution < 1.29 is 9.53 Å². The van der Waals surface area contributed by atoms with Crippen molar-refractivity contribution in [2.24, 2.45) is 0 Å². The Balaban J connectivity index is 2.75. The van der Waals surface area contributed by atoms with E-state index in [2.05, 4.69) is 4.90 Å². The lowest BCUT2D eigenvalue weighted by molar-refractivity contribution is 0.0527. The van der Waals surface area contributed by atoms with Gasteiger partial charge < -0.3 is 15.4 Å². The van der Waals surface area contributed by atoms with Gasteiger partial charge in [0.1, 0.15) is 0 Å². The van der Waals surface area contributed by atoms with Crippen molar-refractivity contribution in [2.45, 2.75) is 11.8 Å². The Bertz CT molecular complexity index is 408. The zero-order valence-electron chi connectivity index (χ0n) is 11.1. The molecule has 1 aromatic carbocycles. The maximum atomic E-state index is 11.7. The third-order valence-electron chi connectivity index (χ3n) is 2.36. The fourth-order valence-electron chi connectivity index (χ4n) is 1.39. The van der Waals surface area contributed by atoms with Crippen LogP contribution >= 0.6 is 11.8 Å². The molecule has 0 aliphatic heterocycles. The van der Waals surface area contributed by atoms with E-state index in [0.29, 0.717) is 17.9 Å². The van der Waals surface area contributed by atoms with Crippen molar-refractivity contribution in [1.82, 2.24) is 4.90 Å². The van der Waals surface area contributed by atoms with Crippen LogP contribution < -0.4 is 5.73 Å². The van der Waals surface area contributed by atoms with Gasteiger partial charge in [-0.05, 0) is 33.2 Å². The number of ether oxygens (including phenoxy) is 1. The number of hydrogen-bond acceptors (Lipinski definition) is 5. The van der Waals surface area contributed by atoms with E-state index in [9.17, 15) is 4.79 Å². The van der Waals surface area contributed by atoms with Gasteiger partial charge in [-0.3, -0.25) is 0 Å². The summed E-state index contributed by atoms with van der Waals surface area (Å²) < 4.78 is 4.97. The quantitative estimate of drug-likeness (QED) is 0.486. The minimum Gasteiger partial charge on any atom is -0.462 e. The van der Waals surface area contributed by atoms with Crippen molar-refractivity contribution in [3.63, 3.8) is 0 Å². The average molecular weight is 268 g/mol. The summed E-state index contributed by atoms with van der Waals surface area (Å²) in [4.78, 5) is 14.7. The molecule has 2 N–H and O–H groups in total. The molecule has 0 aliphatic rings. The number of benzene rings is 1. The molecule has 0 spiro atoms. The smallest absolute Gasteiger partial charge is 0.340 e. The van der Waals surface area contributed by atoms with Crippen LogP contribution in [0.5, 0.6) is 0 Å². The van der Waals surface area contributed by atoms with E-state index in [1.807, 2.05) is 26.2 Å². The van der Waals surface area contributed by atoms with Gasteiger partial charge in [-0.2, -0.15) is 0 Å². The first-order valence-electron chi connectivity index (χ1n) is 5.89. The van der Waals surface area contributed by atoms with Crippen molar-refractivity contribution in [3.05, 3.63) is 23.8 Å². The van der Waals surface area contributed by atoms with Crippen molar-refractivity contribution in [1.29, 1.82) is 0 Å². The van der Waals surface area contributed by atoms with Crippen LogP contribution in [0, 0.1) is 0 Å². The lowest BCUT2D eigenvalue weighted by atomic mass is 10.2. The van der Waals surface area contributed by atoms with Crippen LogP contribution in [0.1, 0.15) is 17.3 Å². The molecule has 0 saturated heterocycles. The first-order valence-corrected chi connectivity index (χ1v) is 6.88. The lowest BCUT2D eigenvalue weighted by Crippen LogP contribution is -2.15. The molecule has 1 rings (SSSR count). The summed E-state index contributed by atoms with van der Waals surface area (Å²) in [6.45, 7) is 3.10. The van der Waals surface area contributed by atoms with E-state index in [1.165, 1.54) is 0 Å². The number of carbonyl (C=O) groups is 1. The summed E-state index contributed by atoms with van der Waals surface area (Å²) in [7, 11) is 4.05. The Labute approximate surface area is 112 Å². The molecule has 0 fully saturated rings. The van der Waals surface area contributed by atoms with Crippen LogP contribution in [0.3, 0.4) is 0 Å². The minimum absolute atomic E-state index is 0.356. The molecular weight excluding hydrogens is 248 g/mol. The largest absolute Gasteiger partial charge is 0.462 e. The Kier molecular flexibility index (Phi) is 6.01. The Morgan fingerprint density at radius 2 is 2.17 bits per heavy atom. The molecule has 0 amide bonds. The number of nitrogen functional groups attached to an aromatic ring is 1. The topological polar surface area (TPSA) is 55.6 Å². The first-order chi connectivity index (χ1) is 8.56. The zero-order valence-corrected chi connectivity index (χ0v) is 11.9. The second kappa shape index (κ2) is 7.28. The second-order valence-corrected chi connectivity index (χ2v) is 5.23. The Hall–Kier alpha value is -1.20. The zero-order chi connectivity index (χ0) is 13.5. The van der Waals surface area contributed by atoms with Crippen molar-refractivity contribution >= 4 is 23.4 Å². The highest BCUT2D eigenvalue weighted by Gasteiger charge is 2.13. The van der Waals surface area contributed by atoms with Gasteiger partial charge in [-0.1, -0.05) is 6.07 Å². The average Bonchev–Trinajstić information content (AvgIpc) is 2.31. The minimum atomic E-state index is -0.356. The van der Waals surface area contributed by atoms with Crippen LogP contribution in [0.25, 0.3) is 0 Å². The summed E-state index contributed by atoms with van der Waals surface area (Å²) in [5, 5.41) is 0. The van der Waals surface area contributed by atoms with Gasteiger partial charge in [0, 0.05) is 17.2 Å². The molecule has 0 aliphatic carbocycles. The number of rotatable bonds is 6. The van der Waals surface area contributed by atoms with E-state index in [-0.39, 0.29) is 5.97 Å². The van der Waals surface area contributed by atoms with E-state index in [4.69, 9.17) is 10.5 Å².